The average Bonchev–Trinajstić information content (AvgIpc) is 2.88. The molecule has 3 aliphatic heterocycles. The summed E-state index contributed by atoms with van der Waals surface area (Å²) in [6.07, 6.45) is 2.49. The first kappa shape index (κ1) is 25.9. The molecule has 6 rings (SSSR count). The molecule has 3 nitrogen and oxygen atoms in total. The number of piperidine rings is 3. The zero-order valence-electron chi connectivity index (χ0n) is 20.9. The van der Waals surface area contributed by atoms with E-state index in [0.29, 0.717) is 12.0 Å². The number of hydrogen-bond acceptors (Lipinski definition) is 4. The van der Waals surface area contributed by atoms with Gasteiger partial charge in [0.05, 0.1) is 12.8 Å². The van der Waals surface area contributed by atoms with Crippen molar-refractivity contribution in [1.82, 2.24) is 4.90 Å². The fourth-order valence-corrected chi connectivity index (χ4v) is 7.10. The van der Waals surface area contributed by atoms with Crippen LogP contribution in [0.5, 0.6) is 5.75 Å². The zero-order chi connectivity index (χ0) is 23.5. The van der Waals surface area contributed by atoms with Crippen LogP contribution in [0.4, 0.5) is 5.69 Å². The molecule has 2 bridgehead atoms. The summed E-state index contributed by atoms with van der Waals surface area (Å²) in [7, 11) is 1.78. The highest BCUT2D eigenvalue weighted by Crippen LogP contribution is 2.51. The molecule has 35 heavy (non-hydrogen) atoms. The van der Waals surface area contributed by atoms with Gasteiger partial charge in [-0.05, 0) is 73.9 Å². The van der Waals surface area contributed by atoms with Crippen molar-refractivity contribution in [1.29, 1.82) is 0 Å². The highest BCUT2D eigenvalue weighted by Gasteiger charge is 2.55. The Kier molecular flexibility index (Phi) is 8.36. The van der Waals surface area contributed by atoms with Crippen LogP contribution in [-0.4, -0.2) is 42.4 Å². The maximum atomic E-state index is 5.81. The van der Waals surface area contributed by atoms with E-state index in [-0.39, 0.29) is 23.9 Å². The summed E-state index contributed by atoms with van der Waals surface area (Å²) in [5, 5.41) is 4.06. The number of hydrogen-bond donors (Lipinski definition) is 1. The third kappa shape index (κ3) is 4.94. The normalized spacial score (nSPS) is 25.2. The van der Waals surface area contributed by atoms with E-state index in [4.69, 9.17) is 4.74 Å². The van der Waals surface area contributed by atoms with Crippen LogP contribution in [0.25, 0.3) is 0 Å². The quantitative estimate of drug-likeness (QED) is 0.322. The second-order valence-electron chi connectivity index (χ2n) is 9.72. The number of nitrogens with one attached hydrogen (secondary N) is 1. The first-order valence-electron chi connectivity index (χ1n) is 12.6. The van der Waals surface area contributed by atoms with Gasteiger partial charge in [0.15, 0.2) is 0 Å². The third-order valence-corrected chi connectivity index (χ3v) is 8.84. The summed E-state index contributed by atoms with van der Waals surface area (Å²) in [5.41, 5.74) is 3.82. The van der Waals surface area contributed by atoms with Gasteiger partial charge in [-0.2, -0.15) is 0 Å². The number of ether oxygens (including phenoxy) is 1. The molecule has 5 heteroatoms. The first-order valence-corrected chi connectivity index (χ1v) is 13.6. The van der Waals surface area contributed by atoms with Crippen molar-refractivity contribution in [3.05, 3.63) is 90.0 Å². The third-order valence-electron chi connectivity index (χ3n) is 7.97. The van der Waals surface area contributed by atoms with Crippen LogP contribution < -0.4 is 10.1 Å². The fraction of sp³-hybridized carbons (Fsp3) is 0.400. The van der Waals surface area contributed by atoms with Crippen LogP contribution in [0.15, 0.2) is 83.8 Å². The van der Waals surface area contributed by atoms with Crippen LogP contribution in [-0.2, 0) is 0 Å². The van der Waals surface area contributed by atoms with Gasteiger partial charge in [0.2, 0.25) is 0 Å². The summed E-state index contributed by atoms with van der Waals surface area (Å²) >= 11 is 1.88. The molecule has 3 fully saturated rings. The molecule has 3 aliphatic rings. The summed E-state index contributed by atoms with van der Waals surface area (Å²) in [6.45, 7) is 7.03. The summed E-state index contributed by atoms with van der Waals surface area (Å²) < 4.78 is 5.81. The van der Waals surface area contributed by atoms with E-state index in [1.807, 2.05) is 11.8 Å². The highest BCUT2D eigenvalue weighted by atomic mass is 35.5. The molecule has 2 atom stereocenters. The molecule has 0 saturated carbocycles. The van der Waals surface area contributed by atoms with Crippen LogP contribution in [0.3, 0.4) is 0 Å². The molecule has 3 heterocycles. The Hall–Kier alpha value is -2.14. The number of nitrogens with zero attached hydrogens (tertiary/aromatic N) is 1. The molecule has 186 valence electrons. The number of thioether (sulfide) groups is 1. The largest absolute Gasteiger partial charge is 0.495 e. The van der Waals surface area contributed by atoms with Gasteiger partial charge in [-0.3, -0.25) is 4.90 Å². The Labute approximate surface area is 221 Å². The van der Waals surface area contributed by atoms with Crippen LogP contribution in [0.1, 0.15) is 43.7 Å². The van der Waals surface area contributed by atoms with Crippen molar-refractivity contribution in [2.24, 2.45) is 5.92 Å². The second-order valence-corrected chi connectivity index (χ2v) is 11.1. The zero-order valence-corrected chi connectivity index (χ0v) is 22.6. The van der Waals surface area contributed by atoms with Crippen molar-refractivity contribution in [2.75, 3.05) is 31.3 Å². The van der Waals surface area contributed by atoms with E-state index >= 15 is 0 Å². The lowest BCUT2D eigenvalue weighted by atomic mass is 9.62. The molecular weight excluding hydrogens is 472 g/mol. The average molecular weight is 509 g/mol. The lowest BCUT2D eigenvalue weighted by Crippen LogP contribution is -2.70. The maximum Gasteiger partial charge on any atom is 0.142 e. The molecule has 1 N–H and O–H groups in total. The van der Waals surface area contributed by atoms with Gasteiger partial charge in [0.25, 0.3) is 0 Å². The number of anilines is 1. The van der Waals surface area contributed by atoms with E-state index in [9.17, 15) is 0 Å². The van der Waals surface area contributed by atoms with Gasteiger partial charge < -0.3 is 10.1 Å². The summed E-state index contributed by atoms with van der Waals surface area (Å²) in [5.74, 6) is 2.90. The lowest BCUT2D eigenvalue weighted by Gasteiger charge is -2.61. The second kappa shape index (κ2) is 11.3. The molecule has 0 unspecified atom stereocenters. The van der Waals surface area contributed by atoms with Gasteiger partial charge in [0.1, 0.15) is 5.75 Å². The number of methoxy groups -OCH3 is 1. The Morgan fingerprint density at radius 2 is 1.57 bits per heavy atom. The summed E-state index contributed by atoms with van der Waals surface area (Å²) in [4.78, 5) is 4.04. The van der Waals surface area contributed by atoms with Crippen LogP contribution in [0.2, 0.25) is 0 Å². The van der Waals surface area contributed by atoms with Gasteiger partial charge in [-0.15, -0.1) is 24.2 Å². The molecule has 0 amide bonds. The van der Waals surface area contributed by atoms with Gasteiger partial charge in [0, 0.05) is 22.4 Å². The summed E-state index contributed by atoms with van der Waals surface area (Å²) in [6, 6.07) is 29.1. The molecular formula is C30H37ClN2OS. The lowest BCUT2D eigenvalue weighted by molar-refractivity contribution is -0.0401. The highest BCUT2D eigenvalue weighted by molar-refractivity contribution is 7.99. The Bertz CT molecular complexity index is 1050. The molecule has 3 aromatic rings. The van der Waals surface area contributed by atoms with Crippen LogP contribution in [0, 0.1) is 5.92 Å². The van der Waals surface area contributed by atoms with Crippen molar-refractivity contribution < 1.29 is 4.74 Å². The number of rotatable bonds is 8. The Morgan fingerprint density at radius 3 is 2.11 bits per heavy atom. The molecule has 0 aliphatic carbocycles. The SMILES string of the molecule is CCSc1ccc(OC)c(N[C@H]2C3CCN(CC3)[C@@]2(C)C(c2ccccc2)c2ccccc2)c1.Cl. The van der Waals surface area contributed by atoms with E-state index < -0.39 is 0 Å². The van der Waals surface area contributed by atoms with Crippen LogP contribution >= 0.6 is 24.2 Å². The van der Waals surface area contributed by atoms with E-state index in [2.05, 4.69) is 103 Å². The molecule has 0 aromatic heterocycles. The molecule has 0 spiro atoms. The Morgan fingerprint density at radius 1 is 0.971 bits per heavy atom. The molecule has 0 radical (unpaired) electrons. The number of benzene rings is 3. The minimum atomic E-state index is -0.0667. The maximum absolute atomic E-state index is 5.81. The standard InChI is InChI=1S/C30H36N2OS.ClH/c1-4-34-25-15-16-27(33-3)26(21-25)31-29-24-17-19-32(20-18-24)30(29,2)28(22-11-7-5-8-12-22)23-13-9-6-10-14-23;/h5-16,21,24,28-29,31H,4,17-20H2,1-3H3;1H/t29-,30-;/m0./s1. The number of halogens is 1. The molecule has 3 aromatic carbocycles. The van der Waals surface area contributed by atoms with Crippen molar-refractivity contribution in [3.8, 4) is 5.75 Å². The minimum Gasteiger partial charge on any atom is -0.495 e. The van der Waals surface area contributed by atoms with E-state index in [1.165, 1.54) is 42.0 Å². The van der Waals surface area contributed by atoms with E-state index in [0.717, 1.165) is 17.2 Å². The number of fused-ring (bicyclic) bond motifs is 3. The molecule has 3 saturated heterocycles. The van der Waals surface area contributed by atoms with E-state index in [1.54, 1.807) is 7.11 Å². The monoisotopic (exact) mass is 508 g/mol. The van der Waals surface area contributed by atoms with Gasteiger partial charge in [-0.25, -0.2) is 0 Å². The minimum absolute atomic E-state index is 0. The topological polar surface area (TPSA) is 24.5 Å². The van der Waals surface area contributed by atoms with Crippen molar-refractivity contribution >= 4 is 29.9 Å². The van der Waals surface area contributed by atoms with Crippen molar-refractivity contribution in [3.63, 3.8) is 0 Å². The predicted molar refractivity (Wildman–Crippen MR) is 151 cm³/mol. The first-order chi connectivity index (χ1) is 16.6. The fourth-order valence-electron chi connectivity index (χ4n) is 6.40. The smallest absolute Gasteiger partial charge is 0.142 e. The predicted octanol–water partition coefficient (Wildman–Crippen LogP) is 7.33. The van der Waals surface area contributed by atoms with Gasteiger partial charge >= 0.3 is 0 Å². The Balaban J connectivity index is 0.00000289. The van der Waals surface area contributed by atoms with Gasteiger partial charge in [-0.1, -0.05) is 67.6 Å². The van der Waals surface area contributed by atoms with Crippen molar-refractivity contribution in [2.45, 2.75) is 49.1 Å².